The van der Waals surface area contributed by atoms with Crippen LogP contribution in [0.2, 0.25) is 0 Å². The summed E-state index contributed by atoms with van der Waals surface area (Å²) in [5.41, 5.74) is 9.40. The number of hydrogen-bond acceptors (Lipinski definition) is 3. The van der Waals surface area contributed by atoms with Crippen molar-refractivity contribution in [2.75, 3.05) is 12.4 Å². The summed E-state index contributed by atoms with van der Waals surface area (Å²) in [4.78, 5) is 15.6. The van der Waals surface area contributed by atoms with Crippen molar-refractivity contribution in [1.29, 1.82) is 0 Å². The Morgan fingerprint density at radius 2 is 1.91 bits per heavy atom. The number of nitrogens with two attached hydrogens (primary N) is 1. The van der Waals surface area contributed by atoms with Gasteiger partial charge in [-0.3, -0.25) is 0 Å². The molecule has 0 saturated heterocycles. The molecule has 0 saturated carbocycles. The Morgan fingerprint density at radius 3 is 2.52 bits per heavy atom. The number of halogens is 1. The maximum absolute atomic E-state index is 11.3. The number of carbonyl (C=O) groups is 1. The fourth-order valence-corrected chi connectivity index (χ4v) is 1.95. The molecule has 0 fully saturated rings. The first-order chi connectivity index (χ1) is 10.6. The van der Waals surface area contributed by atoms with Crippen molar-refractivity contribution >= 4 is 41.6 Å². The summed E-state index contributed by atoms with van der Waals surface area (Å²) in [7, 11) is 1.36. The zero-order valence-corrected chi connectivity index (χ0v) is 15.4. The van der Waals surface area contributed by atoms with Gasteiger partial charge in [0.05, 0.1) is 19.2 Å². The quantitative estimate of drug-likeness (QED) is 0.341. The highest BCUT2D eigenvalue weighted by atomic mass is 127. The lowest BCUT2D eigenvalue weighted by atomic mass is 10.1. The molecular formula is C17H20IN3O2. The molecule has 0 radical (unpaired) electrons. The molecule has 0 aliphatic rings. The lowest BCUT2D eigenvalue weighted by Gasteiger charge is -2.06. The Balaban J connectivity index is 0.00000264. The number of nitrogens with zero attached hydrogens (tertiary/aromatic N) is 1. The van der Waals surface area contributed by atoms with Crippen molar-refractivity contribution in [2.24, 2.45) is 10.7 Å². The number of aliphatic imine (C=N–C) groups is 1. The van der Waals surface area contributed by atoms with E-state index in [1.807, 2.05) is 43.3 Å². The van der Waals surface area contributed by atoms with Crippen LogP contribution in [0.1, 0.15) is 21.5 Å². The molecule has 0 atom stereocenters. The van der Waals surface area contributed by atoms with Crippen molar-refractivity contribution in [3.8, 4) is 0 Å². The minimum absolute atomic E-state index is 0. The number of nitrogens with one attached hydrogen (secondary N) is 1. The molecule has 0 aliphatic heterocycles. The van der Waals surface area contributed by atoms with Gasteiger partial charge in [-0.1, -0.05) is 24.3 Å². The fraction of sp³-hybridized carbons (Fsp3) is 0.176. The lowest BCUT2D eigenvalue weighted by Crippen LogP contribution is -2.22. The highest BCUT2D eigenvalue weighted by Crippen LogP contribution is 2.10. The number of carbonyl (C=O) groups excluding carboxylic acids is 1. The molecule has 2 aromatic rings. The van der Waals surface area contributed by atoms with Gasteiger partial charge in [-0.15, -0.1) is 24.0 Å². The van der Waals surface area contributed by atoms with Gasteiger partial charge in [0.15, 0.2) is 5.96 Å². The zero-order valence-electron chi connectivity index (χ0n) is 13.1. The molecule has 0 spiro atoms. The topological polar surface area (TPSA) is 76.7 Å². The summed E-state index contributed by atoms with van der Waals surface area (Å²) < 4.78 is 4.65. The Labute approximate surface area is 153 Å². The molecular weight excluding hydrogens is 405 g/mol. The van der Waals surface area contributed by atoms with Crippen LogP contribution in [-0.2, 0) is 11.3 Å². The normalized spacial score (nSPS) is 10.6. The molecule has 0 amide bonds. The SMILES string of the molecule is COC(=O)c1ccc(CN=C(N)Nc2cccc(C)c2)cc1.I. The van der Waals surface area contributed by atoms with Crippen LogP contribution in [0.5, 0.6) is 0 Å². The van der Waals surface area contributed by atoms with Crippen LogP contribution < -0.4 is 11.1 Å². The second-order valence-electron chi connectivity index (χ2n) is 4.88. The molecule has 0 unspecified atom stereocenters. The molecule has 2 rings (SSSR count). The standard InChI is InChI=1S/C17H19N3O2.HI/c1-12-4-3-5-15(10-12)20-17(18)19-11-13-6-8-14(9-7-13)16(21)22-2;/h3-10H,11H2,1-2H3,(H3,18,19,20);1H. The van der Waals surface area contributed by atoms with Crippen LogP contribution >= 0.6 is 24.0 Å². The van der Waals surface area contributed by atoms with Crippen LogP contribution in [0.25, 0.3) is 0 Å². The Bertz CT molecular complexity index is 684. The van der Waals surface area contributed by atoms with E-state index >= 15 is 0 Å². The molecule has 6 heteroatoms. The highest BCUT2D eigenvalue weighted by molar-refractivity contribution is 14.0. The molecule has 3 N–H and O–H groups in total. The van der Waals surface area contributed by atoms with Gasteiger partial charge in [0.1, 0.15) is 0 Å². The van der Waals surface area contributed by atoms with Gasteiger partial charge in [0.25, 0.3) is 0 Å². The molecule has 0 aromatic heterocycles. The Morgan fingerprint density at radius 1 is 1.22 bits per heavy atom. The molecule has 23 heavy (non-hydrogen) atoms. The molecule has 0 bridgehead atoms. The molecule has 122 valence electrons. The van der Waals surface area contributed by atoms with Crippen molar-refractivity contribution in [2.45, 2.75) is 13.5 Å². The van der Waals surface area contributed by atoms with Crippen molar-refractivity contribution in [3.05, 3.63) is 65.2 Å². The van der Waals surface area contributed by atoms with Crippen molar-refractivity contribution in [1.82, 2.24) is 0 Å². The third kappa shape index (κ3) is 5.90. The maximum atomic E-state index is 11.3. The smallest absolute Gasteiger partial charge is 0.337 e. The number of guanidine groups is 1. The van der Waals surface area contributed by atoms with E-state index in [9.17, 15) is 4.79 Å². The second kappa shape index (κ2) is 9.14. The predicted octanol–water partition coefficient (Wildman–Crippen LogP) is 3.33. The number of anilines is 1. The average Bonchev–Trinajstić information content (AvgIpc) is 2.52. The van der Waals surface area contributed by atoms with Gasteiger partial charge < -0.3 is 15.8 Å². The summed E-state index contributed by atoms with van der Waals surface area (Å²) in [6.07, 6.45) is 0. The minimum Gasteiger partial charge on any atom is -0.465 e. The highest BCUT2D eigenvalue weighted by Gasteiger charge is 2.04. The predicted molar refractivity (Wildman–Crippen MR) is 103 cm³/mol. The third-order valence-corrected chi connectivity index (χ3v) is 3.10. The monoisotopic (exact) mass is 425 g/mol. The Kier molecular flexibility index (Phi) is 7.53. The first-order valence-corrected chi connectivity index (χ1v) is 6.89. The summed E-state index contributed by atoms with van der Waals surface area (Å²) in [5.74, 6) is -0.00155. The van der Waals surface area contributed by atoms with Crippen molar-refractivity contribution in [3.63, 3.8) is 0 Å². The van der Waals surface area contributed by atoms with E-state index in [0.29, 0.717) is 18.1 Å². The van der Waals surface area contributed by atoms with Gasteiger partial charge in [-0.2, -0.15) is 0 Å². The van der Waals surface area contributed by atoms with E-state index in [2.05, 4.69) is 15.0 Å². The molecule has 0 heterocycles. The summed E-state index contributed by atoms with van der Waals surface area (Å²) in [5, 5.41) is 3.05. The first-order valence-electron chi connectivity index (χ1n) is 6.89. The van der Waals surface area contributed by atoms with Crippen LogP contribution in [0.3, 0.4) is 0 Å². The number of rotatable bonds is 4. The summed E-state index contributed by atoms with van der Waals surface area (Å²) >= 11 is 0. The van der Waals surface area contributed by atoms with Gasteiger partial charge in [-0.25, -0.2) is 9.79 Å². The number of ether oxygens (including phenoxy) is 1. The molecule has 5 nitrogen and oxygen atoms in total. The van der Waals surface area contributed by atoms with Gasteiger partial charge in [0, 0.05) is 5.69 Å². The van der Waals surface area contributed by atoms with E-state index < -0.39 is 0 Å². The number of aryl methyl sites for hydroxylation is 1. The summed E-state index contributed by atoms with van der Waals surface area (Å²) in [6, 6.07) is 15.0. The Hall–Kier alpha value is -2.09. The molecule has 2 aromatic carbocycles. The van der Waals surface area contributed by atoms with Gasteiger partial charge in [-0.05, 0) is 42.3 Å². The molecule has 0 aliphatic carbocycles. The van der Waals surface area contributed by atoms with Crippen LogP contribution in [0.4, 0.5) is 5.69 Å². The van der Waals surface area contributed by atoms with Gasteiger partial charge >= 0.3 is 5.97 Å². The van der Waals surface area contributed by atoms with E-state index in [1.165, 1.54) is 7.11 Å². The van der Waals surface area contributed by atoms with E-state index in [4.69, 9.17) is 5.73 Å². The van der Waals surface area contributed by atoms with Crippen LogP contribution in [0.15, 0.2) is 53.5 Å². The van der Waals surface area contributed by atoms with Crippen molar-refractivity contribution < 1.29 is 9.53 Å². The van der Waals surface area contributed by atoms with E-state index in [-0.39, 0.29) is 29.9 Å². The van der Waals surface area contributed by atoms with E-state index in [1.54, 1.807) is 12.1 Å². The third-order valence-electron chi connectivity index (χ3n) is 3.10. The average molecular weight is 425 g/mol. The number of methoxy groups -OCH3 is 1. The van der Waals surface area contributed by atoms with Crippen LogP contribution in [-0.4, -0.2) is 19.0 Å². The zero-order chi connectivity index (χ0) is 15.9. The fourth-order valence-electron chi connectivity index (χ4n) is 1.95. The second-order valence-corrected chi connectivity index (χ2v) is 4.88. The minimum atomic E-state index is -0.351. The van der Waals surface area contributed by atoms with Crippen LogP contribution in [0, 0.1) is 6.92 Å². The summed E-state index contributed by atoms with van der Waals surface area (Å²) in [6.45, 7) is 2.45. The first kappa shape index (κ1) is 19.0. The largest absolute Gasteiger partial charge is 0.465 e. The van der Waals surface area contributed by atoms with Gasteiger partial charge in [0.2, 0.25) is 0 Å². The lowest BCUT2D eigenvalue weighted by molar-refractivity contribution is 0.0600. The number of esters is 1. The van der Waals surface area contributed by atoms with E-state index in [0.717, 1.165) is 16.8 Å². The number of benzene rings is 2. The number of hydrogen-bond donors (Lipinski definition) is 2. The maximum Gasteiger partial charge on any atom is 0.337 e.